The van der Waals surface area contributed by atoms with Crippen molar-refractivity contribution in [2.75, 3.05) is 30.8 Å². The molecule has 220 valence electrons. The maximum absolute atomic E-state index is 13.7. The molecule has 2 amide bonds. The van der Waals surface area contributed by atoms with Crippen LogP contribution in [0, 0.1) is 0 Å². The fourth-order valence-corrected chi connectivity index (χ4v) is 6.20. The summed E-state index contributed by atoms with van der Waals surface area (Å²) in [6.45, 7) is 5.32. The number of nitrogens with zero attached hydrogens (tertiary/aromatic N) is 2. The van der Waals surface area contributed by atoms with Gasteiger partial charge in [-0.3, -0.25) is 14.5 Å². The summed E-state index contributed by atoms with van der Waals surface area (Å²) in [5, 5.41) is 6.48. The number of piperidine rings is 1. The lowest BCUT2D eigenvalue weighted by Crippen LogP contribution is -2.31. The second-order valence-electron chi connectivity index (χ2n) is 11.4. The zero-order chi connectivity index (χ0) is 29.8. The molecule has 0 spiro atoms. The van der Waals surface area contributed by atoms with Gasteiger partial charge >= 0.3 is 0 Å². The zero-order valence-corrected chi connectivity index (χ0v) is 24.8. The summed E-state index contributed by atoms with van der Waals surface area (Å²) in [6.07, 6.45) is 7.85. The number of carbonyl (C=O) groups excluding carboxylic acids is 2. The Morgan fingerprint density at radius 1 is 0.977 bits per heavy atom. The van der Waals surface area contributed by atoms with Crippen molar-refractivity contribution in [2.45, 2.75) is 45.2 Å². The molecule has 1 fully saturated rings. The van der Waals surface area contributed by atoms with Gasteiger partial charge in [-0.05, 0) is 79.9 Å². The van der Waals surface area contributed by atoms with E-state index >= 15 is 0 Å². The fourth-order valence-electron chi connectivity index (χ4n) is 6.20. The molecule has 3 heterocycles. The Morgan fingerprint density at radius 3 is 2.44 bits per heavy atom. The maximum atomic E-state index is 13.7. The van der Waals surface area contributed by atoms with Crippen molar-refractivity contribution >= 4 is 34.5 Å². The van der Waals surface area contributed by atoms with Crippen molar-refractivity contribution in [1.29, 1.82) is 0 Å². The molecular formula is C36H38N4O3. The van der Waals surface area contributed by atoms with Gasteiger partial charge in [0.15, 0.2) is 0 Å². The van der Waals surface area contributed by atoms with E-state index in [1.165, 1.54) is 24.8 Å². The Morgan fingerprint density at radius 2 is 1.74 bits per heavy atom. The van der Waals surface area contributed by atoms with E-state index in [4.69, 9.17) is 4.42 Å². The Kier molecular flexibility index (Phi) is 8.43. The fraction of sp³-hybridized carbons (Fsp3) is 0.278. The highest BCUT2D eigenvalue weighted by Gasteiger charge is 2.31. The molecule has 6 rings (SSSR count). The average Bonchev–Trinajstić information content (AvgIpc) is 3.69. The number of benzene rings is 3. The van der Waals surface area contributed by atoms with Gasteiger partial charge in [-0.25, -0.2) is 0 Å². The lowest BCUT2D eigenvalue weighted by molar-refractivity contribution is -0.110. The third-order valence-electron chi connectivity index (χ3n) is 8.51. The monoisotopic (exact) mass is 574 g/mol. The van der Waals surface area contributed by atoms with Crippen molar-refractivity contribution in [1.82, 2.24) is 9.80 Å². The SMILES string of the molecule is CC[C@H](c1ccccc1)N(C)C(=O)c1ccc2c(c1)/C(=C(/Nc1ccc(CN3CCCCC3)cc1)c1ccoc1)C(=O)N2. The molecule has 2 N–H and O–H groups in total. The molecule has 0 unspecified atom stereocenters. The molecule has 43 heavy (non-hydrogen) atoms. The van der Waals surface area contributed by atoms with Gasteiger partial charge in [-0.15, -0.1) is 0 Å². The van der Waals surface area contributed by atoms with E-state index in [9.17, 15) is 9.59 Å². The summed E-state index contributed by atoms with van der Waals surface area (Å²) in [5.41, 5.74) is 6.96. The minimum Gasteiger partial charge on any atom is -0.472 e. The summed E-state index contributed by atoms with van der Waals surface area (Å²) >= 11 is 0. The molecule has 3 aromatic carbocycles. The zero-order valence-electron chi connectivity index (χ0n) is 24.8. The second kappa shape index (κ2) is 12.7. The molecule has 4 aromatic rings. The first kappa shape index (κ1) is 28.5. The molecule has 7 heteroatoms. The number of nitrogens with one attached hydrogen (secondary N) is 2. The van der Waals surface area contributed by atoms with Crippen LogP contribution in [0.25, 0.3) is 11.3 Å². The highest BCUT2D eigenvalue weighted by atomic mass is 16.3. The highest BCUT2D eigenvalue weighted by molar-refractivity contribution is 6.37. The van der Waals surface area contributed by atoms with E-state index in [2.05, 4.69) is 46.7 Å². The number of amides is 2. The molecule has 2 aliphatic heterocycles. The number of hydrogen-bond acceptors (Lipinski definition) is 5. The van der Waals surface area contributed by atoms with E-state index in [1.54, 1.807) is 23.5 Å². The molecule has 1 saturated heterocycles. The number of anilines is 2. The first-order chi connectivity index (χ1) is 21.0. The molecule has 7 nitrogen and oxygen atoms in total. The van der Waals surface area contributed by atoms with Gasteiger partial charge in [-0.1, -0.05) is 55.8 Å². The third kappa shape index (κ3) is 6.13. The lowest BCUT2D eigenvalue weighted by atomic mass is 9.98. The Labute approximate surface area is 253 Å². The summed E-state index contributed by atoms with van der Waals surface area (Å²) in [7, 11) is 1.84. The number of hydrogen-bond donors (Lipinski definition) is 2. The van der Waals surface area contributed by atoms with Crippen LogP contribution in [0.1, 0.15) is 71.3 Å². The van der Waals surface area contributed by atoms with Crippen LogP contribution >= 0.6 is 0 Å². The second-order valence-corrected chi connectivity index (χ2v) is 11.4. The lowest BCUT2D eigenvalue weighted by Gasteiger charge is -2.28. The first-order valence-corrected chi connectivity index (χ1v) is 15.1. The largest absolute Gasteiger partial charge is 0.472 e. The molecule has 0 bridgehead atoms. The minimum atomic E-state index is -0.228. The van der Waals surface area contributed by atoms with Crippen molar-refractivity contribution in [3.8, 4) is 0 Å². The van der Waals surface area contributed by atoms with Gasteiger partial charge in [0.25, 0.3) is 11.8 Å². The maximum Gasteiger partial charge on any atom is 0.258 e. The minimum absolute atomic E-state index is 0.0576. The Hall–Kier alpha value is -4.62. The van der Waals surface area contributed by atoms with E-state index in [1.807, 2.05) is 55.6 Å². The predicted octanol–water partition coefficient (Wildman–Crippen LogP) is 7.42. The molecule has 0 aliphatic carbocycles. The normalized spacial score (nSPS) is 16.7. The smallest absolute Gasteiger partial charge is 0.258 e. The molecule has 0 saturated carbocycles. The quantitative estimate of drug-likeness (QED) is 0.203. The molecule has 1 atom stereocenters. The van der Waals surface area contributed by atoms with Gasteiger partial charge in [-0.2, -0.15) is 0 Å². The van der Waals surface area contributed by atoms with Gasteiger partial charge in [0.05, 0.1) is 29.8 Å². The van der Waals surface area contributed by atoms with Crippen LogP contribution in [0.15, 0.2) is 95.8 Å². The van der Waals surface area contributed by atoms with Crippen LogP contribution in [-0.4, -0.2) is 41.8 Å². The highest BCUT2D eigenvalue weighted by Crippen LogP contribution is 2.39. The number of carbonyl (C=O) groups is 2. The number of likely N-dealkylation sites (tertiary alicyclic amines) is 1. The molecule has 0 radical (unpaired) electrons. The standard InChI is InChI=1S/C36H38N4O3/c1-3-32(26-10-6-4-7-11-26)39(2)36(42)27-14-17-31-30(22-27)33(35(41)38-31)34(28-18-21-43-24-28)37-29-15-12-25(13-16-29)23-40-19-8-5-9-20-40/h4,6-7,10-18,21-22,24,32,37H,3,5,8-9,19-20,23H2,1-2H3,(H,38,41)/b34-33-/t32-/m1/s1. The number of furan rings is 1. The van der Waals surface area contributed by atoms with E-state index in [0.29, 0.717) is 28.1 Å². The van der Waals surface area contributed by atoms with Crippen LogP contribution < -0.4 is 10.6 Å². The van der Waals surface area contributed by atoms with E-state index < -0.39 is 0 Å². The predicted molar refractivity (Wildman–Crippen MR) is 171 cm³/mol. The summed E-state index contributed by atoms with van der Waals surface area (Å²) in [5.74, 6) is -0.326. The first-order valence-electron chi connectivity index (χ1n) is 15.1. The van der Waals surface area contributed by atoms with E-state index in [-0.39, 0.29) is 17.9 Å². The Bertz CT molecular complexity index is 1600. The van der Waals surface area contributed by atoms with Crippen molar-refractivity contribution in [2.24, 2.45) is 0 Å². The molecule has 1 aromatic heterocycles. The summed E-state index contributed by atoms with van der Waals surface area (Å²) < 4.78 is 5.42. The van der Waals surface area contributed by atoms with Gasteiger partial charge in [0, 0.05) is 41.7 Å². The summed E-state index contributed by atoms with van der Waals surface area (Å²) in [6, 6.07) is 25.6. The molecule has 2 aliphatic rings. The van der Waals surface area contributed by atoms with E-state index in [0.717, 1.165) is 42.9 Å². The van der Waals surface area contributed by atoms with Crippen LogP contribution in [-0.2, 0) is 11.3 Å². The van der Waals surface area contributed by atoms with Crippen molar-refractivity contribution in [3.05, 3.63) is 119 Å². The van der Waals surface area contributed by atoms with Crippen LogP contribution in [0.4, 0.5) is 11.4 Å². The van der Waals surface area contributed by atoms with Gasteiger partial charge in [0.2, 0.25) is 0 Å². The van der Waals surface area contributed by atoms with Crippen molar-refractivity contribution in [3.63, 3.8) is 0 Å². The van der Waals surface area contributed by atoms with Crippen LogP contribution in [0.5, 0.6) is 0 Å². The summed E-state index contributed by atoms with van der Waals surface area (Å²) in [4.78, 5) is 31.5. The third-order valence-corrected chi connectivity index (χ3v) is 8.51. The number of fused-ring (bicyclic) bond motifs is 1. The topological polar surface area (TPSA) is 77.8 Å². The van der Waals surface area contributed by atoms with Gasteiger partial charge < -0.3 is 20.0 Å². The van der Waals surface area contributed by atoms with Crippen LogP contribution in [0.2, 0.25) is 0 Å². The molecular weight excluding hydrogens is 536 g/mol. The Balaban J connectivity index is 1.31. The average molecular weight is 575 g/mol. The van der Waals surface area contributed by atoms with Gasteiger partial charge in [0.1, 0.15) is 0 Å². The number of rotatable bonds is 9. The van der Waals surface area contributed by atoms with Crippen LogP contribution in [0.3, 0.4) is 0 Å². The van der Waals surface area contributed by atoms with Crippen molar-refractivity contribution < 1.29 is 14.0 Å².